The summed E-state index contributed by atoms with van der Waals surface area (Å²) >= 11 is 5.95. The molecule has 3 rings (SSSR count). The number of benzene rings is 2. The van der Waals surface area contributed by atoms with Crippen molar-refractivity contribution in [2.45, 2.75) is 27.2 Å². The van der Waals surface area contributed by atoms with Gasteiger partial charge >= 0.3 is 0 Å². The van der Waals surface area contributed by atoms with Crippen LogP contribution in [0.5, 0.6) is 5.75 Å². The van der Waals surface area contributed by atoms with E-state index < -0.39 is 0 Å². The molecule has 1 aromatic heterocycles. The van der Waals surface area contributed by atoms with Crippen molar-refractivity contribution >= 4 is 22.7 Å². The Morgan fingerprint density at radius 3 is 2.00 bits per heavy atom. The van der Waals surface area contributed by atoms with E-state index >= 15 is 0 Å². The first-order valence-corrected chi connectivity index (χ1v) is 9.26. The predicted octanol–water partition coefficient (Wildman–Crippen LogP) is 6.84. The molecule has 2 aromatic carbocycles. The average Bonchev–Trinajstić information content (AvgIpc) is 2.70. The molecule has 0 aliphatic heterocycles. The Bertz CT molecular complexity index is 790. The maximum absolute atomic E-state index is 9.61. The maximum Gasteiger partial charge on any atom is 0.129 e. The number of aromatic hydroxyl groups is 1. The Balaban J connectivity index is 0.00000117. The number of aromatic nitrogens is 1. The van der Waals surface area contributed by atoms with E-state index in [-0.39, 0.29) is 5.75 Å². The minimum atomic E-state index is 0.255. The van der Waals surface area contributed by atoms with Crippen LogP contribution in [0.1, 0.15) is 43.9 Å². The summed E-state index contributed by atoms with van der Waals surface area (Å²) < 4.78 is 0. The van der Waals surface area contributed by atoms with Gasteiger partial charge in [0, 0.05) is 11.8 Å². The van der Waals surface area contributed by atoms with E-state index in [4.69, 9.17) is 11.6 Å². The van der Waals surface area contributed by atoms with Crippen molar-refractivity contribution in [1.29, 1.82) is 0 Å². The minimum Gasteiger partial charge on any atom is -0.508 e. The summed E-state index contributed by atoms with van der Waals surface area (Å²) in [5.41, 5.74) is 5.56. The van der Waals surface area contributed by atoms with E-state index in [1.807, 2.05) is 50.2 Å². The van der Waals surface area contributed by atoms with Gasteiger partial charge in [0.1, 0.15) is 10.9 Å². The Labute approximate surface area is 160 Å². The molecule has 1 N–H and O–H groups in total. The number of rotatable bonds is 4. The average molecular weight is 366 g/mol. The second kappa shape index (κ2) is 9.79. The molecule has 0 atom stereocenters. The quantitative estimate of drug-likeness (QED) is 0.405. The largest absolute Gasteiger partial charge is 0.508 e. The normalized spacial score (nSPS) is 11.2. The third-order valence-electron chi connectivity index (χ3n) is 3.95. The first-order chi connectivity index (χ1) is 12.7. The zero-order valence-electron chi connectivity index (χ0n) is 15.4. The smallest absolute Gasteiger partial charge is 0.129 e. The van der Waals surface area contributed by atoms with Crippen molar-refractivity contribution in [2.75, 3.05) is 0 Å². The lowest BCUT2D eigenvalue weighted by Crippen LogP contribution is -1.95. The van der Waals surface area contributed by atoms with Gasteiger partial charge in [0.15, 0.2) is 0 Å². The summed E-state index contributed by atoms with van der Waals surface area (Å²) in [6.07, 6.45) is 2.67. The van der Waals surface area contributed by atoms with Gasteiger partial charge in [0.25, 0.3) is 0 Å². The number of phenolic OH excluding ortho intramolecular Hbond substituents is 1. The van der Waals surface area contributed by atoms with E-state index in [1.54, 1.807) is 24.4 Å². The number of phenols is 1. The topological polar surface area (TPSA) is 33.1 Å². The predicted molar refractivity (Wildman–Crippen MR) is 111 cm³/mol. The molecular formula is C23H24ClNO. The monoisotopic (exact) mass is 365 g/mol. The SMILES string of the molecule is CC.CC/C(=C(\c1ccc(O)cc1)c1ccc(Cl)nc1)c1ccccc1. The molecule has 134 valence electrons. The van der Waals surface area contributed by atoms with Crippen LogP contribution >= 0.6 is 11.6 Å². The lowest BCUT2D eigenvalue weighted by Gasteiger charge is -2.16. The fraction of sp³-hybridized carbons (Fsp3) is 0.174. The molecule has 3 heteroatoms. The van der Waals surface area contributed by atoms with Crippen molar-refractivity contribution in [3.63, 3.8) is 0 Å². The molecule has 0 unspecified atom stereocenters. The number of nitrogens with zero attached hydrogens (tertiary/aromatic N) is 1. The van der Waals surface area contributed by atoms with Gasteiger partial charge in [-0.3, -0.25) is 0 Å². The molecule has 0 aliphatic rings. The molecule has 26 heavy (non-hydrogen) atoms. The Morgan fingerprint density at radius 1 is 0.846 bits per heavy atom. The van der Waals surface area contributed by atoms with E-state index in [1.165, 1.54) is 11.1 Å². The fourth-order valence-electron chi connectivity index (χ4n) is 2.83. The number of pyridine rings is 1. The van der Waals surface area contributed by atoms with E-state index in [2.05, 4.69) is 24.0 Å². The van der Waals surface area contributed by atoms with Crippen LogP contribution in [0.4, 0.5) is 0 Å². The molecule has 0 spiro atoms. The molecule has 0 saturated heterocycles. The van der Waals surface area contributed by atoms with Crippen molar-refractivity contribution in [2.24, 2.45) is 0 Å². The zero-order chi connectivity index (χ0) is 18.9. The molecule has 0 radical (unpaired) electrons. The first-order valence-electron chi connectivity index (χ1n) is 8.89. The molecule has 2 nitrogen and oxygen atoms in total. The molecule has 0 bridgehead atoms. The molecule has 0 saturated carbocycles. The van der Waals surface area contributed by atoms with Gasteiger partial charge in [-0.15, -0.1) is 0 Å². The van der Waals surface area contributed by atoms with Crippen LogP contribution in [0, 0.1) is 0 Å². The molecule has 3 aromatic rings. The van der Waals surface area contributed by atoms with Crippen LogP contribution < -0.4 is 0 Å². The molecular weight excluding hydrogens is 342 g/mol. The van der Waals surface area contributed by atoms with E-state index in [0.29, 0.717) is 5.15 Å². The lowest BCUT2D eigenvalue weighted by atomic mass is 9.89. The van der Waals surface area contributed by atoms with E-state index in [0.717, 1.165) is 23.1 Å². The second-order valence-corrected chi connectivity index (χ2v) is 5.88. The summed E-state index contributed by atoms with van der Waals surface area (Å²) in [5, 5.41) is 10.1. The molecule has 0 aliphatic carbocycles. The highest BCUT2D eigenvalue weighted by Crippen LogP contribution is 2.34. The van der Waals surface area contributed by atoms with Crippen LogP contribution in [0.25, 0.3) is 11.1 Å². The Kier molecular flexibility index (Phi) is 7.43. The van der Waals surface area contributed by atoms with Gasteiger partial charge in [-0.05, 0) is 53.0 Å². The highest BCUT2D eigenvalue weighted by atomic mass is 35.5. The summed E-state index contributed by atoms with van der Waals surface area (Å²) in [7, 11) is 0. The fourth-order valence-corrected chi connectivity index (χ4v) is 2.94. The summed E-state index contributed by atoms with van der Waals surface area (Å²) in [4.78, 5) is 4.24. The van der Waals surface area contributed by atoms with Crippen LogP contribution in [0.15, 0.2) is 72.9 Å². The standard InChI is InChI=1S/C21H18ClNO.C2H6/c1-2-19(15-6-4-3-5-7-15)21(16-8-11-18(24)12-9-16)17-10-13-20(22)23-14-17;1-2/h3-14,24H,2H2,1H3;1-2H3/b21-19-;. The third-order valence-corrected chi connectivity index (χ3v) is 4.17. The number of hydrogen-bond acceptors (Lipinski definition) is 2. The van der Waals surface area contributed by atoms with Gasteiger partial charge in [-0.25, -0.2) is 4.98 Å². The highest BCUT2D eigenvalue weighted by Gasteiger charge is 2.13. The van der Waals surface area contributed by atoms with Crippen molar-refractivity contribution < 1.29 is 5.11 Å². The summed E-state index contributed by atoms with van der Waals surface area (Å²) in [5.74, 6) is 0.255. The van der Waals surface area contributed by atoms with Gasteiger partial charge in [-0.2, -0.15) is 0 Å². The number of hydrogen-bond donors (Lipinski definition) is 1. The van der Waals surface area contributed by atoms with Gasteiger partial charge in [0.05, 0.1) is 0 Å². The number of halogens is 1. The van der Waals surface area contributed by atoms with Crippen LogP contribution in [0.3, 0.4) is 0 Å². The first kappa shape index (κ1) is 19.7. The Morgan fingerprint density at radius 2 is 1.46 bits per heavy atom. The van der Waals surface area contributed by atoms with Crippen LogP contribution in [-0.4, -0.2) is 10.1 Å². The zero-order valence-corrected chi connectivity index (χ0v) is 16.2. The van der Waals surface area contributed by atoms with Crippen molar-refractivity contribution in [3.8, 4) is 5.75 Å². The van der Waals surface area contributed by atoms with Gasteiger partial charge < -0.3 is 5.11 Å². The van der Waals surface area contributed by atoms with Gasteiger partial charge in [0.2, 0.25) is 0 Å². The second-order valence-electron chi connectivity index (χ2n) is 5.49. The minimum absolute atomic E-state index is 0.255. The lowest BCUT2D eigenvalue weighted by molar-refractivity contribution is 0.475. The molecule has 1 heterocycles. The van der Waals surface area contributed by atoms with Crippen molar-refractivity contribution in [1.82, 2.24) is 4.98 Å². The molecule has 0 fully saturated rings. The van der Waals surface area contributed by atoms with E-state index in [9.17, 15) is 5.11 Å². The van der Waals surface area contributed by atoms with Crippen molar-refractivity contribution in [3.05, 3.63) is 94.8 Å². The van der Waals surface area contributed by atoms with Gasteiger partial charge in [-0.1, -0.05) is 74.8 Å². The van der Waals surface area contributed by atoms with Crippen LogP contribution in [0.2, 0.25) is 5.15 Å². The summed E-state index contributed by atoms with van der Waals surface area (Å²) in [6.45, 7) is 6.14. The number of allylic oxidation sites excluding steroid dienone is 1. The van der Waals surface area contributed by atoms with Crippen LogP contribution in [-0.2, 0) is 0 Å². The highest BCUT2D eigenvalue weighted by molar-refractivity contribution is 6.29. The summed E-state index contributed by atoms with van der Waals surface area (Å²) in [6, 6.07) is 21.4. The maximum atomic E-state index is 9.61. The third kappa shape index (κ3) is 4.74. The molecule has 0 amide bonds. The Hall–Kier alpha value is -2.58.